The third-order valence-corrected chi connectivity index (χ3v) is 4.64. The predicted molar refractivity (Wildman–Crippen MR) is 94.1 cm³/mol. The molecule has 146 valence electrons. The minimum Gasteiger partial charge on any atom is -0.452 e. The largest absolute Gasteiger partial charge is 0.452 e. The van der Waals surface area contributed by atoms with Crippen LogP contribution in [0.25, 0.3) is 0 Å². The summed E-state index contributed by atoms with van der Waals surface area (Å²) in [5.41, 5.74) is -0.488. The summed E-state index contributed by atoms with van der Waals surface area (Å²) in [6, 6.07) is -0.420. The third kappa shape index (κ3) is 5.44. The second-order valence-electron chi connectivity index (χ2n) is 8.16. The van der Waals surface area contributed by atoms with Gasteiger partial charge in [0.1, 0.15) is 0 Å². The van der Waals surface area contributed by atoms with Crippen LogP contribution in [0.5, 0.6) is 0 Å². The first kappa shape index (κ1) is 20.2. The molecule has 0 aromatic carbocycles. The number of hydrogen-bond donors (Lipinski definition) is 2. The van der Waals surface area contributed by atoms with E-state index in [2.05, 4.69) is 10.6 Å². The Morgan fingerprint density at radius 1 is 1.19 bits per heavy atom. The van der Waals surface area contributed by atoms with Crippen LogP contribution in [0.3, 0.4) is 0 Å². The third-order valence-electron chi connectivity index (χ3n) is 4.64. The molecule has 0 aromatic rings. The van der Waals surface area contributed by atoms with Gasteiger partial charge in [0.15, 0.2) is 6.10 Å². The van der Waals surface area contributed by atoms with Crippen LogP contribution in [-0.4, -0.2) is 52.9 Å². The molecule has 1 aliphatic heterocycles. The number of nitrogens with zero attached hydrogens (tertiary/aromatic N) is 1. The van der Waals surface area contributed by atoms with Crippen LogP contribution in [0.1, 0.15) is 59.8 Å². The Morgan fingerprint density at radius 2 is 1.81 bits per heavy atom. The monoisotopic (exact) mass is 367 g/mol. The highest BCUT2D eigenvalue weighted by Crippen LogP contribution is 2.30. The fraction of sp³-hybridized carbons (Fsp3) is 0.778. The van der Waals surface area contributed by atoms with Gasteiger partial charge in [-0.05, 0) is 40.5 Å². The Morgan fingerprint density at radius 3 is 2.38 bits per heavy atom. The highest BCUT2D eigenvalue weighted by atomic mass is 16.5. The van der Waals surface area contributed by atoms with Crippen molar-refractivity contribution in [1.82, 2.24) is 15.5 Å². The van der Waals surface area contributed by atoms with E-state index in [0.717, 1.165) is 25.7 Å². The first-order valence-corrected chi connectivity index (χ1v) is 9.20. The molecular formula is C18H29N3O5. The quantitative estimate of drug-likeness (QED) is 0.730. The number of hydrogen-bond acceptors (Lipinski definition) is 5. The summed E-state index contributed by atoms with van der Waals surface area (Å²) in [4.78, 5) is 50.0. The van der Waals surface area contributed by atoms with Crippen LogP contribution < -0.4 is 10.6 Å². The van der Waals surface area contributed by atoms with Crippen molar-refractivity contribution in [3.63, 3.8) is 0 Å². The number of likely N-dealkylation sites (tertiary alicyclic amines) is 1. The zero-order valence-electron chi connectivity index (χ0n) is 16.0. The number of amides is 4. The van der Waals surface area contributed by atoms with Crippen molar-refractivity contribution in [2.45, 2.75) is 77.5 Å². The van der Waals surface area contributed by atoms with Gasteiger partial charge in [-0.1, -0.05) is 12.8 Å². The second-order valence-corrected chi connectivity index (χ2v) is 8.16. The molecule has 0 bridgehead atoms. The summed E-state index contributed by atoms with van der Waals surface area (Å²) in [7, 11) is 0. The summed E-state index contributed by atoms with van der Waals surface area (Å²) in [5.74, 6) is -1.85. The highest BCUT2D eigenvalue weighted by Gasteiger charge is 2.40. The minimum atomic E-state index is -1.11. The number of urea groups is 1. The average molecular weight is 367 g/mol. The predicted octanol–water partition coefficient (Wildman–Crippen LogP) is 1.33. The van der Waals surface area contributed by atoms with E-state index in [4.69, 9.17) is 4.74 Å². The minimum absolute atomic E-state index is 0.0273. The molecule has 2 fully saturated rings. The lowest BCUT2D eigenvalue weighted by molar-refractivity contribution is -0.158. The first-order valence-electron chi connectivity index (χ1n) is 9.20. The van der Waals surface area contributed by atoms with Gasteiger partial charge < -0.3 is 15.0 Å². The first-order chi connectivity index (χ1) is 12.1. The zero-order valence-corrected chi connectivity index (χ0v) is 16.0. The molecule has 2 rings (SSSR count). The molecule has 0 unspecified atom stereocenters. The molecule has 8 heteroatoms. The van der Waals surface area contributed by atoms with Gasteiger partial charge in [-0.25, -0.2) is 4.79 Å². The van der Waals surface area contributed by atoms with Crippen LogP contribution in [0.4, 0.5) is 4.79 Å². The van der Waals surface area contributed by atoms with Crippen molar-refractivity contribution in [3.05, 3.63) is 0 Å². The van der Waals surface area contributed by atoms with E-state index in [1.54, 1.807) is 25.7 Å². The molecule has 1 aliphatic carbocycles. The van der Waals surface area contributed by atoms with E-state index >= 15 is 0 Å². The smallest absolute Gasteiger partial charge is 0.321 e. The lowest BCUT2D eigenvalue weighted by atomic mass is 10.1. The Kier molecular flexibility index (Phi) is 6.26. The van der Waals surface area contributed by atoms with Crippen LogP contribution >= 0.6 is 0 Å². The molecule has 2 aliphatic rings. The van der Waals surface area contributed by atoms with Gasteiger partial charge in [0.2, 0.25) is 5.91 Å². The van der Waals surface area contributed by atoms with Gasteiger partial charge in [0.25, 0.3) is 5.91 Å². The number of esters is 1. The van der Waals surface area contributed by atoms with Gasteiger partial charge in [-0.3, -0.25) is 19.7 Å². The van der Waals surface area contributed by atoms with E-state index in [0.29, 0.717) is 6.54 Å². The zero-order chi connectivity index (χ0) is 19.5. The Bertz CT molecular complexity index is 578. The van der Waals surface area contributed by atoms with Crippen molar-refractivity contribution < 1.29 is 23.9 Å². The van der Waals surface area contributed by atoms with Crippen molar-refractivity contribution in [2.75, 3.05) is 6.54 Å². The molecule has 4 amide bonds. The molecular weight excluding hydrogens is 338 g/mol. The van der Waals surface area contributed by atoms with Crippen molar-refractivity contribution in [1.29, 1.82) is 0 Å². The van der Waals surface area contributed by atoms with Crippen LogP contribution in [0.2, 0.25) is 0 Å². The normalized spacial score (nSPS) is 22.2. The topological polar surface area (TPSA) is 105 Å². The van der Waals surface area contributed by atoms with Gasteiger partial charge >= 0.3 is 12.0 Å². The van der Waals surface area contributed by atoms with Gasteiger partial charge in [0.05, 0.1) is 5.92 Å². The molecule has 2 N–H and O–H groups in total. The molecule has 0 aromatic heterocycles. The van der Waals surface area contributed by atoms with E-state index in [1.807, 2.05) is 0 Å². The maximum Gasteiger partial charge on any atom is 0.321 e. The number of ether oxygens (including phenoxy) is 1. The molecule has 2 atom stereocenters. The molecule has 26 heavy (non-hydrogen) atoms. The number of imide groups is 1. The SMILES string of the molecule is C[C@@H](OC(=O)[C@H]1CC(=O)N(C2CCCC2)C1)C(=O)NC(=O)NC(C)(C)C. The van der Waals surface area contributed by atoms with Gasteiger partial charge in [0, 0.05) is 24.5 Å². The number of rotatable bonds is 4. The van der Waals surface area contributed by atoms with Crippen LogP contribution in [0.15, 0.2) is 0 Å². The van der Waals surface area contributed by atoms with Gasteiger partial charge in [-0.15, -0.1) is 0 Å². The molecule has 0 radical (unpaired) electrons. The molecule has 1 saturated carbocycles. The van der Waals surface area contributed by atoms with Crippen LogP contribution in [0, 0.1) is 5.92 Å². The Hall–Kier alpha value is -2.12. The van der Waals surface area contributed by atoms with E-state index in [-0.39, 0.29) is 18.4 Å². The average Bonchev–Trinajstić information content (AvgIpc) is 3.13. The number of nitrogens with one attached hydrogen (secondary N) is 2. The summed E-state index contributed by atoms with van der Waals surface area (Å²) in [6.45, 7) is 7.11. The van der Waals surface area contributed by atoms with Crippen molar-refractivity contribution >= 4 is 23.8 Å². The Balaban J connectivity index is 1.82. The summed E-state index contributed by atoms with van der Waals surface area (Å²) in [5, 5.41) is 4.74. The van der Waals surface area contributed by atoms with Crippen LogP contribution in [-0.2, 0) is 19.1 Å². The number of carbonyl (C=O) groups excluding carboxylic acids is 4. The number of carbonyl (C=O) groups is 4. The lowest BCUT2D eigenvalue weighted by Gasteiger charge is -2.24. The van der Waals surface area contributed by atoms with Gasteiger partial charge in [-0.2, -0.15) is 0 Å². The summed E-state index contributed by atoms with van der Waals surface area (Å²) in [6.07, 6.45) is 3.19. The van der Waals surface area contributed by atoms with E-state index < -0.39 is 35.5 Å². The van der Waals surface area contributed by atoms with E-state index in [1.165, 1.54) is 6.92 Å². The fourth-order valence-electron chi connectivity index (χ4n) is 3.37. The van der Waals surface area contributed by atoms with Crippen molar-refractivity contribution in [3.8, 4) is 0 Å². The maximum atomic E-state index is 12.3. The standard InChI is InChI=1S/C18H29N3O5/c1-11(15(23)19-17(25)20-18(2,3)4)26-16(24)12-9-14(22)21(10-12)13-7-5-6-8-13/h11-13H,5-10H2,1-4H3,(H2,19,20,23,25)/t11-,12+/m1/s1. The van der Waals surface area contributed by atoms with E-state index in [9.17, 15) is 19.2 Å². The second kappa shape index (κ2) is 8.05. The van der Waals surface area contributed by atoms with Crippen molar-refractivity contribution in [2.24, 2.45) is 5.92 Å². The molecule has 1 saturated heterocycles. The Labute approximate surface area is 154 Å². The maximum absolute atomic E-state index is 12.3. The molecule has 0 spiro atoms. The lowest BCUT2D eigenvalue weighted by Crippen LogP contribution is -2.50. The summed E-state index contributed by atoms with van der Waals surface area (Å²) >= 11 is 0. The summed E-state index contributed by atoms with van der Waals surface area (Å²) < 4.78 is 5.18. The molecule has 8 nitrogen and oxygen atoms in total. The highest BCUT2D eigenvalue weighted by molar-refractivity contribution is 5.97. The fourth-order valence-corrected chi connectivity index (χ4v) is 3.37. The molecule has 1 heterocycles.